The van der Waals surface area contributed by atoms with Crippen LogP contribution >= 0.6 is 0 Å². The number of aromatic nitrogens is 3. The third-order valence-corrected chi connectivity index (χ3v) is 5.40. The van der Waals surface area contributed by atoms with Gasteiger partial charge in [-0.25, -0.2) is 4.39 Å². The summed E-state index contributed by atoms with van der Waals surface area (Å²) in [7, 11) is 1.79. The zero-order chi connectivity index (χ0) is 20.5. The van der Waals surface area contributed by atoms with Crippen LogP contribution in [-0.2, 0) is 7.05 Å². The molecule has 2 atom stereocenters. The summed E-state index contributed by atoms with van der Waals surface area (Å²) in [5, 5.41) is 7.29. The topological polar surface area (TPSA) is 83.0 Å². The molecule has 4 rings (SSSR count). The number of H-pyrrole nitrogens is 1. The predicted molar refractivity (Wildman–Crippen MR) is 105 cm³/mol. The summed E-state index contributed by atoms with van der Waals surface area (Å²) in [5.41, 5.74) is 2.59. The van der Waals surface area contributed by atoms with Gasteiger partial charge >= 0.3 is 0 Å². The zero-order valence-electron chi connectivity index (χ0n) is 16.2. The molecule has 29 heavy (non-hydrogen) atoms. The van der Waals surface area contributed by atoms with Gasteiger partial charge in [0.05, 0.1) is 6.04 Å². The van der Waals surface area contributed by atoms with Crippen molar-refractivity contribution >= 4 is 11.8 Å². The first-order chi connectivity index (χ1) is 13.9. The van der Waals surface area contributed by atoms with E-state index in [0.717, 1.165) is 11.3 Å². The third-order valence-electron chi connectivity index (χ3n) is 5.40. The van der Waals surface area contributed by atoms with E-state index in [1.54, 1.807) is 53.2 Å². The van der Waals surface area contributed by atoms with Gasteiger partial charge in [0.2, 0.25) is 0 Å². The molecule has 150 valence electrons. The number of benzene rings is 1. The Bertz CT molecular complexity index is 1010. The van der Waals surface area contributed by atoms with Crippen LogP contribution in [0.5, 0.6) is 0 Å². The van der Waals surface area contributed by atoms with E-state index in [-0.39, 0.29) is 29.6 Å². The molecule has 0 radical (unpaired) electrons. The van der Waals surface area contributed by atoms with Gasteiger partial charge in [0.1, 0.15) is 11.5 Å². The van der Waals surface area contributed by atoms with Crippen LogP contribution in [0.2, 0.25) is 0 Å². The number of hydrogen-bond donors (Lipinski definition) is 2. The highest BCUT2D eigenvalue weighted by Crippen LogP contribution is 2.29. The van der Waals surface area contributed by atoms with Crippen molar-refractivity contribution in [1.29, 1.82) is 0 Å². The minimum atomic E-state index is -0.324. The second-order valence-corrected chi connectivity index (χ2v) is 7.33. The maximum atomic E-state index is 13.4. The van der Waals surface area contributed by atoms with Gasteiger partial charge in [0.25, 0.3) is 11.8 Å². The first-order valence-corrected chi connectivity index (χ1v) is 9.42. The molecule has 8 heteroatoms. The molecule has 2 amide bonds. The van der Waals surface area contributed by atoms with Gasteiger partial charge in [0.15, 0.2) is 5.69 Å². The summed E-state index contributed by atoms with van der Waals surface area (Å²) in [4.78, 5) is 30.1. The summed E-state index contributed by atoms with van der Waals surface area (Å²) >= 11 is 0. The Balaban J connectivity index is 1.58. The van der Waals surface area contributed by atoms with Gasteiger partial charge in [-0.15, -0.1) is 0 Å². The van der Waals surface area contributed by atoms with Crippen LogP contribution in [0, 0.1) is 12.7 Å². The molecule has 0 aliphatic carbocycles. The van der Waals surface area contributed by atoms with Crippen LogP contribution in [0.15, 0.2) is 48.7 Å². The number of carbonyl (C=O) groups excluding carboxylic acids is 2. The molecule has 1 aromatic carbocycles. The van der Waals surface area contributed by atoms with Gasteiger partial charge in [-0.2, -0.15) is 5.10 Å². The largest absolute Gasteiger partial charge is 0.357 e. The van der Waals surface area contributed by atoms with Crippen molar-refractivity contribution < 1.29 is 14.0 Å². The summed E-state index contributed by atoms with van der Waals surface area (Å²) in [6.45, 7) is 2.65. The number of nitrogens with one attached hydrogen (secondary N) is 2. The van der Waals surface area contributed by atoms with Gasteiger partial charge < -0.3 is 15.2 Å². The molecule has 0 spiro atoms. The second-order valence-electron chi connectivity index (χ2n) is 7.33. The van der Waals surface area contributed by atoms with Gasteiger partial charge in [0, 0.05) is 37.9 Å². The molecule has 3 heterocycles. The smallest absolute Gasteiger partial charge is 0.274 e. The van der Waals surface area contributed by atoms with E-state index in [0.29, 0.717) is 24.5 Å². The van der Waals surface area contributed by atoms with Crippen molar-refractivity contribution in [3.8, 4) is 0 Å². The molecule has 1 aliphatic heterocycles. The Hall–Kier alpha value is -3.42. The van der Waals surface area contributed by atoms with E-state index in [9.17, 15) is 14.0 Å². The van der Waals surface area contributed by atoms with Crippen LogP contribution in [0.1, 0.15) is 38.2 Å². The van der Waals surface area contributed by atoms with Crippen molar-refractivity contribution in [2.45, 2.75) is 18.9 Å². The highest BCUT2D eigenvalue weighted by molar-refractivity contribution is 5.94. The Morgan fingerprint density at radius 3 is 2.59 bits per heavy atom. The highest BCUT2D eigenvalue weighted by atomic mass is 19.1. The number of aryl methyl sites for hydroxylation is 2. The van der Waals surface area contributed by atoms with Crippen molar-refractivity contribution in [3.63, 3.8) is 0 Å². The fraction of sp³-hybridized carbons (Fsp3) is 0.286. The summed E-state index contributed by atoms with van der Waals surface area (Å²) in [6, 6.07) is 11.1. The average Bonchev–Trinajstić information content (AvgIpc) is 3.43. The second kappa shape index (κ2) is 7.54. The number of likely N-dealkylation sites (tertiary alicyclic amines) is 1. The van der Waals surface area contributed by atoms with Crippen LogP contribution in [-0.4, -0.2) is 50.6 Å². The van der Waals surface area contributed by atoms with Crippen LogP contribution in [0.4, 0.5) is 4.39 Å². The summed E-state index contributed by atoms with van der Waals surface area (Å²) < 4.78 is 15.0. The Kier molecular flexibility index (Phi) is 4.92. The molecule has 0 saturated carbocycles. The molecule has 0 unspecified atom stereocenters. The number of hydrogen-bond acceptors (Lipinski definition) is 3. The zero-order valence-corrected chi connectivity index (χ0v) is 16.2. The lowest BCUT2D eigenvalue weighted by Crippen LogP contribution is -2.40. The SMILES string of the molecule is Cc1cc(C(=O)N2C[C@@H](NC(=O)c3ccc[nH]3)[C@H](c3ccc(F)cc3)C2)nn1C. The molecular weight excluding hydrogens is 373 g/mol. The molecule has 1 aliphatic rings. The maximum Gasteiger partial charge on any atom is 0.274 e. The van der Waals surface area contributed by atoms with Gasteiger partial charge in [-0.05, 0) is 42.8 Å². The number of rotatable bonds is 4. The van der Waals surface area contributed by atoms with Crippen LogP contribution in [0.25, 0.3) is 0 Å². The molecule has 0 bridgehead atoms. The first kappa shape index (κ1) is 18.9. The fourth-order valence-corrected chi connectivity index (χ4v) is 3.71. The van der Waals surface area contributed by atoms with Gasteiger partial charge in [-0.1, -0.05) is 12.1 Å². The molecular formula is C21H22FN5O2. The Morgan fingerprint density at radius 1 is 1.21 bits per heavy atom. The molecule has 1 fully saturated rings. The van der Waals surface area contributed by atoms with E-state index in [1.165, 1.54) is 12.1 Å². The van der Waals surface area contributed by atoms with Crippen molar-refractivity contribution in [3.05, 3.63) is 77.1 Å². The van der Waals surface area contributed by atoms with Gasteiger partial charge in [-0.3, -0.25) is 14.3 Å². The number of aromatic amines is 1. The van der Waals surface area contributed by atoms with E-state index in [1.807, 2.05) is 6.92 Å². The Labute approximate surface area is 167 Å². The maximum absolute atomic E-state index is 13.4. The molecule has 2 N–H and O–H groups in total. The lowest BCUT2D eigenvalue weighted by Gasteiger charge is -2.19. The fourth-order valence-electron chi connectivity index (χ4n) is 3.71. The quantitative estimate of drug-likeness (QED) is 0.711. The van der Waals surface area contributed by atoms with E-state index >= 15 is 0 Å². The summed E-state index contributed by atoms with van der Waals surface area (Å²) in [6.07, 6.45) is 1.68. The number of carbonyl (C=O) groups is 2. The van der Waals surface area contributed by atoms with E-state index in [2.05, 4.69) is 15.4 Å². The minimum Gasteiger partial charge on any atom is -0.357 e. The number of halogens is 1. The van der Waals surface area contributed by atoms with Crippen LogP contribution in [0.3, 0.4) is 0 Å². The standard InChI is InChI=1S/C21H22FN5O2/c1-13-10-18(25-26(13)2)21(29)27-11-16(14-5-7-15(22)8-6-14)19(12-27)24-20(28)17-4-3-9-23-17/h3-10,16,19,23H,11-12H2,1-2H3,(H,24,28)/t16-,19+/m0/s1. The first-order valence-electron chi connectivity index (χ1n) is 9.42. The normalized spacial score (nSPS) is 18.8. The lowest BCUT2D eigenvalue weighted by molar-refractivity contribution is 0.0776. The lowest BCUT2D eigenvalue weighted by atomic mass is 9.94. The molecule has 3 aromatic rings. The van der Waals surface area contributed by atoms with Crippen molar-refractivity contribution in [2.24, 2.45) is 7.05 Å². The molecule has 7 nitrogen and oxygen atoms in total. The minimum absolute atomic E-state index is 0.150. The number of amides is 2. The number of nitrogens with zero attached hydrogens (tertiary/aromatic N) is 3. The Morgan fingerprint density at radius 2 is 1.97 bits per heavy atom. The highest BCUT2D eigenvalue weighted by Gasteiger charge is 2.38. The average molecular weight is 395 g/mol. The third kappa shape index (κ3) is 3.78. The predicted octanol–water partition coefficient (Wildman–Crippen LogP) is 2.23. The van der Waals surface area contributed by atoms with E-state index in [4.69, 9.17) is 0 Å². The van der Waals surface area contributed by atoms with E-state index < -0.39 is 0 Å². The summed E-state index contributed by atoms with van der Waals surface area (Å²) in [5.74, 6) is -0.897. The monoisotopic (exact) mass is 395 g/mol. The molecule has 1 saturated heterocycles. The van der Waals surface area contributed by atoms with Crippen molar-refractivity contribution in [1.82, 2.24) is 25.0 Å². The molecule has 2 aromatic heterocycles. The van der Waals surface area contributed by atoms with Crippen molar-refractivity contribution in [2.75, 3.05) is 13.1 Å². The van der Waals surface area contributed by atoms with Crippen LogP contribution < -0.4 is 5.32 Å².